The van der Waals surface area contributed by atoms with Gasteiger partial charge in [0, 0.05) is 17.8 Å². The summed E-state index contributed by atoms with van der Waals surface area (Å²) < 4.78 is 20.2. The maximum Gasteiger partial charge on any atom is 0.346 e. The van der Waals surface area contributed by atoms with Crippen LogP contribution in [0.2, 0.25) is 0 Å². The van der Waals surface area contributed by atoms with Gasteiger partial charge in [-0.25, -0.2) is 9.18 Å². The Morgan fingerprint density at radius 3 is 2.46 bits per heavy atom. The second kappa shape index (κ2) is 9.34. The zero-order valence-electron chi connectivity index (χ0n) is 16.5. The second-order valence-electron chi connectivity index (χ2n) is 7.10. The molecular weight excluding hydrogens is 365 g/mol. The molecule has 2 aromatic rings. The Labute approximate surface area is 163 Å². The van der Waals surface area contributed by atoms with Gasteiger partial charge in [-0.2, -0.15) is 5.10 Å². The fourth-order valence-corrected chi connectivity index (χ4v) is 2.80. The Hall–Kier alpha value is -2.90. The molecule has 0 aliphatic carbocycles. The Morgan fingerprint density at radius 2 is 1.89 bits per heavy atom. The topological polar surface area (TPSA) is 93.5 Å². The van der Waals surface area contributed by atoms with Gasteiger partial charge < -0.3 is 15.2 Å². The van der Waals surface area contributed by atoms with E-state index in [0.717, 1.165) is 23.5 Å². The van der Waals surface area contributed by atoms with Crippen LogP contribution in [-0.2, 0) is 22.6 Å². The lowest BCUT2D eigenvalue weighted by atomic mass is 10.1. The lowest BCUT2D eigenvalue weighted by molar-refractivity contribution is -0.145. The van der Waals surface area contributed by atoms with Crippen LogP contribution in [0.1, 0.15) is 30.8 Å². The lowest BCUT2D eigenvalue weighted by Crippen LogP contribution is -2.41. The van der Waals surface area contributed by atoms with Gasteiger partial charge in [-0.3, -0.25) is 9.48 Å². The van der Waals surface area contributed by atoms with Gasteiger partial charge in [0.2, 0.25) is 12.0 Å². The van der Waals surface area contributed by atoms with Crippen molar-refractivity contribution >= 4 is 11.9 Å². The van der Waals surface area contributed by atoms with Crippen molar-refractivity contribution < 1.29 is 23.8 Å². The third-order valence-electron chi connectivity index (χ3n) is 4.26. The molecule has 7 nitrogen and oxygen atoms in total. The predicted octanol–water partition coefficient (Wildman–Crippen LogP) is 2.49. The highest BCUT2D eigenvalue weighted by Crippen LogP contribution is 2.16. The quantitative estimate of drug-likeness (QED) is 0.685. The SMILES string of the molecule is Cc1nn(CC(C)C)c(C)c1CC(=O)NCC(Oc1ccc(F)cc1)C(=O)O. The number of halogens is 1. The van der Waals surface area contributed by atoms with E-state index in [1.165, 1.54) is 24.3 Å². The number of carbonyl (C=O) groups excluding carboxylic acids is 1. The molecule has 1 aromatic carbocycles. The van der Waals surface area contributed by atoms with Crippen molar-refractivity contribution in [3.05, 3.63) is 47.0 Å². The van der Waals surface area contributed by atoms with Crippen LogP contribution in [0, 0.1) is 25.6 Å². The van der Waals surface area contributed by atoms with E-state index in [2.05, 4.69) is 24.3 Å². The predicted molar refractivity (Wildman–Crippen MR) is 102 cm³/mol. The molecule has 2 N–H and O–H groups in total. The first-order chi connectivity index (χ1) is 13.2. The van der Waals surface area contributed by atoms with E-state index in [4.69, 9.17) is 4.74 Å². The zero-order valence-corrected chi connectivity index (χ0v) is 16.5. The first-order valence-corrected chi connectivity index (χ1v) is 9.12. The van der Waals surface area contributed by atoms with E-state index in [1.54, 1.807) is 0 Å². The van der Waals surface area contributed by atoms with Gasteiger partial charge in [-0.05, 0) is 44.0 Å². The molecular formula is C20H26FN3O4. The van der Waals surface area contributed by atoms with Gasteiger partial charge in [0.25, 0.3) is 0 Å². The average molecular weight is 391 g/mol. The zero-order chi connectivity index (χ0) is 20.8. The number of hydrogen-bond donors (Lipinski definition) is 2. The maximum absolute atomic E-state index is 12.9. The van der Waals surface area contributed by atoms with Gasteiger partial charge in [0.05, 0.1) is 18.7 Å². The van der Waals surface area contributed by atoms with Crippen LogP contribution in [0.15, 0.2) is 24.3 Å². The number of aryl methyl sites for hydroxylation is 1. The number of carbonyl (C=O) groups is 2. The van der Waals surface area contributed by atoms with Crippen molar-refractivity contribution in [1.82, 2.24) is 15.1 Å². The highest BCUT2D eigenvalue weighted by Gasteiger charge is 2.22. The standard InChI is InChI=1S/C20H26FN3O4/c1-12(2)11-24-14(4)17(13(3)23-24)9-19(25)22-10-18(20(26)27)28-16-7-5-15(21)6-8-16/h5-8,12,18H,9-11H2,1-4H3,(H,22,25)(H,26,27). The van der Waals surface area contributed by atoms with Crippen molar-refractivity contribution in [2.75, 3.05) is 6.54 Å². The van der Waals surface area contributed by atoms with Crippen molar-refractivity contribution in [3.63, 3.8) is 0 Å². The maximum atomic E-state index is 12.9. The van der Waals surface area contributed by atoms with E-state index in [9.17, 15) is 19.1 Å². The summed E-state index contributed by atoms with van der Waals surface area (Å²) in [6.45, 7) is 8.52. The molecule has 1 amide bonds. The number of aliphatic carboxylic acids is 1. The average Bonchev–Trinajstić information content (AvgIpc) is 2.86. The molecule has 1 atom stereocenters. The molecule has 152 valence electrons. The first kappa shape index (κ1) is 21.4. The first-order valence-electron chi connectivity index (χ1n) is 9.12. The van der Waals surface area contributed by atoms with Crippen molar-refractivity contribution in [2.45, 2.75) is 46.8 Å². The van der Waals surface area contributed by atoms with Crippen LogP contribution in [0.25, 0.3) is 0 Å². The molecule has 2 rings (SSSR count). The van der Waals surface area contributed by atoms with Crippen LogP contribution in [0.4, 0.5) is 4.39 Å². The Kier molecular flexibility index (Phi) is 7.14. The molecule has 0 radical (unpaired) electrons. The fourth-order valence-electron chi connectivity index (χ4n) is 2.80. The number of carboxylic acid groups (broad SMARTS) is 1. The number of rotatable bonds is 9. The van der Waals surface area contributed by atoms with Crippen LogP contribution >= 0.6 is 0 Å². The molecule has 8 heteroatoms. The number of nitrogens with one attached hydrogen (secondary N) is 1. The number of ether oxygens (including phenoxy) is 1. The Morgan fingerprint density at radius 1 is 1.25 bits per heavy atom. The second-order valence-corrected chi connectivity index (χ2v) is 7.10. The van der Waals surface area contributed by atoms with Crippen LogP contribution in [-0.4, -0.2) is 39.4 Å². The summed E-state index contributed by atoms with van der Waals surface area (Å²) in [5, 5.41) is 16.4. The number of carboxylic acids is 1. The fraction of sp³-hybridized carbons (Fsp3) is 0.450. The van der Waals surface area contributed by atoms with Gasteiger partial charge >= 0.3 is 5.97 Å². The lowest BCUT2D eigenvalue weighted by Gasteiger charge is -2.16. The molecule has 0 spiro atoms. The third-order valence-corrected chi connectivity index (χ3v) is 4.26. The molecule has 28 heavy (non-hydrogen) atoms. The molecule has 0 fully saturated rings. The summed E-state index contributed by atoms with van der Waals surface area (Å²) >= 11 is 0. The number of nitrogens with zero attached hydrogens (tertiary/aromatic N) is 2. The van der Waals surface area contributed by atoms with Crippen molar-refractivity contribution in [3.8, 4) is 5.75 Å². The molecule has 0 saturated heterocycles. The number of benzene rings is 1. The number of amides is 1. The number of aromatic nitrogens is 2. The van der Waals surface area contributed by atoms with E-state index in [-0.39, 0.29) is 24.6 Å². The molecule has 1 aromatic heterocycles. The van der Waals surface area contributed by atoms with Gasteiger partial charge in [0.15, 0.2) is 0 Å². The minimum Gasteiger partial charge on any atom is -0.478 e. The molecule has 0 aliphatic rings. The summed E-state index contributed by atoms with van der Waals surface area (Å²) in [5.41, 5.74) is 2.55. The van der Waals surface area contributed by atoms with E-state index in [0.29, 0.717) is 5.92 Å². The van der Waals surface area contributed by atoms with Gasteiger partial charge in [-0.15, -0.1) is 0 Å². The van der Waals surface area contributed by atoms with E-state index >= 15 is 0 Å². The van der Waals surface area contributed by atoms with E-state index < -0.39 is 17.9 Å². The summed E-state index contributed by atoms with van der Waals surface area (Å²) in [4.78, 5) is 23.7. The van der Waals surface area contributed by atoms with Crippen LogP contribution < -0.4 is 10.1 Å². The summed E-state index contributed by atoms with van der Waals surface area (Å²) in [5.74, 6) is -1.34. The molecule has 0 bridgehead atoms. The van der Waals surface area contributed by atoms with E-state index in [1.807, 2.05) is 18.5 Å². The largest absolute Gasteiger partial charge is 0.478 e. The summed E-state index contributed by atoms with van der Waals surface area (Å²) in [6, 6.07) is 5.02. The highest BCUT2D eigenvalue weighted by molar-refractivity contribution is 5.80. The molecule has 0 saturated carbocycles. The smallest absolute Gasteiger partial charge is 0.346 e. The monoisotopic (exact) mass is 391 g/mol. The Balaban J connectivity index is 1.97. The molecule has 1 heterocycles. The van der Waals surface area contributed by atoms with Crippen molar-refractivity contribution in [1.29, 1.82) is 0 Å². The Bertz CT molecular complexity index is 831. The highest BCUT2D eigenvalue weighted by atomic mass is 19.1. The molecule has 1 unspecified atom stereocenters. The summed E-state index contributed by atoms with van der Waals surface area (Å²) in [7, 11) is 0. The summed E-state index contributed by atoms with van der Waals surface area (Å²) in [6.07, 6.45) is -1.17. The van der Waals surface area contributed by atoms with Crippen LogP contribution in [0.3, 0.4) is 0 Å². The third kappa shape index (κ3) is 5.80. The van der Waals surface area contributed by atoms with Gasteiger partial charge in [-0.1, -0.05) is 13.8 Å². The van der Waals surface area contributed by atoms with Crippen molar-refractivity contribution in [2.24, 2.45) is 5.92 Å². The normalized spacial score (nSPS) is 12.1. The van der Waals surface area contributed by atoms with Gasteiger partial charge in [0.1, 0.15) is 11.6 Å². The van der Waals surface area contributed by atoms with Crippen LogP contribution in [0.5, 0.6) is 5.75 Å². The minimum atomic E-state index is -1.28. The molecule has 0 aliphatic heterocycles. The minimum absolute atomic E-state index is 0.110. The number of hydrogen-bond acceptors (Lipinski definition) is 4.